The van der Waals surface area contributed by atoms with Crippen LogP contribution in [0.2, 0.25) is 0 Å². The lowest BCUT2D eigenvalue weighted by Gasteiger charge is -2.48. The first-order chi connectivity index (χ1) is 9.77. The summed E-state index contributed by atoms with van der Waals surface area (Å²) in [4.78, 5) is 13.8. The highest BCUT2D eigenvalue weighted by Crippen LogP contribution is 2.61. The average molecular weight is 297 g/mol. The summed E-state index contributed by atoms with van der Waals surface area (Å²) >= 11 is 0. The number of fused-ring (bicyclic) bond motifs is 2. The predicted molar refractivity (Wildman–Crippen MR) is 85.1 cm³/mol. The van der Waals surface area contributed by atoms with Gasteiger partial charge in [0.1, 0.15) is 0 Å². The summed E-state index contributed by atoms with van der Waals surface area (Å²) in [5.74, 6) is 1.69. The first-order valence-electron chi connectivity index (χ1n) is 8.69. The Bertz CT molecular complexity index is 380. The molecule has 3 atom stereocenters. The normalized spacial score (nSPS) is 33.6. The molecule has 1 amide bonds. The van der Waals surface area contributed by atoms with Crippen molar-refractivity contribution in [1.82, 2.24) is 5.32 Å². The summed E-state index contributed by atoms with van der Waals surface area (Å²) in [5.41, 5.74) is 0.231. The zero-order valence-corrected chi connectivity index (χ0v) is 14.6. The van der Waals surface area contributed by atoms with Crippen molar-refractivity contribution < 1.29 is 15.0 Å². The van der Waals surface area contributed by atoms with Gasteiger partial charge in [0, 0.05) is 12.0 Å². The summed E-state index contributed by atoms with van der Waals surface area (Å²) < 4.78 is 0. The van der Waals surface area contributed by atoms with Gasteiger partial charge < -0.3 is 15.5 Å². The maximum atomic E-state index is 12.3. The third-order valence-corrected chi connectivity index (χ3v) is 6.42. The van der Waals surface area contributed by atoms with Crippen LogP contribution in [0.5, 0.6) is 0 Å². The van der Waals surface area contributed by atoms with Gasteiger partial charge in [0.05, 0.1) is 27.2 Å². The number of carbonyl (C=O) groups is 1. The Hall–Kier alpha value is -0.610. The zero-order chi connectivity index (χ0) is 15.7. The molecule has 2 aliphatic rings. The Kier molecular flexibility index (Phi) is 4.99. The van der Waals surface area contributed by atoms with Crippen LogP contribution in [0.1, 0.15) is 46.5 Å². The van der Waals surface area contributed by atoms with Gasteiger partial charge in [-0.1, -0.05) is 13.8 Å². The Morgan fingerprint density at radius 3 is 2.48 bits per heavy atom. The number of amides is 1. The molecule has 4 heteroatoms. The molecular formula is C17H35N3O+2. The summed E-state index contributed by atoms with van der Waals surface area (Å²) in [6.07, 6.45) is 5.12. The number of carbonyl (C=O) groups excluding carboxylic acids is 1. The van der Waals surface area contributed by atoms with E-state index in [9.17, 15) is 4.79 Å². The monoisotopic (exact) mass is 297 g/mol. The second-order valence-electron chi connectivity index (χ2n) is 8.27. The average Bonchev–Trinajstić information content (AvgIpc) is 2.92. The van der Waals surface area contributed by atoms with Crippen molar-refractivity contribution in [3.8, 4) is 0 Å². The van der Waals surface area contributed by atoms with Gasteiger partial charge in [0.25, 0.3) is 5.91 Å². The van der Waals surface area contributed by atoms with E-state index in [-0.39, 0.29) is 16.9 Å². The molecule has 0 aliphatic heterocycles. The highest BCUT2D eigenvalue weighted by Gasteiger charge is 2.60. The van der Waals surface area contributed by atoms with E-state index in [1.165, 1.54) is 37.1 Å². The molecule has 2 saturated carbocycles. The number of rotatable bonds is 7. The van der Waals surface area contributed by atoms with Crippen LogP contribution >= 0.6 is 0 Å². The van der Waals surface area contributed by atoms with Crippen molar-refractivity contribution >= 4 is 5.91 Å². The van der Waals surface area contributed by atoms with E-state index in [1.54, 1.807) is 0 Å². The molecule has 0 spiro atoms. The quantitative estimate of drug-likeness (QED) is 0.541. The third-order valence-electron chi connectivity index (χ3n) is 6.42. The van der Waals surface area contributed by atoms with E-state index in [2.05, 4.69) is 45.5 Å². The van der Waals surface area contributed by atoms with Crippen LogP contribution in [-0.2, 0) is 4.79 Å². The molecule has 2 fully saturated rings. The van der Waals surface area contributed by atoms with E-state index in [4.69, 9.17) is 0 Å². The van der Waals surface area contributed by atoms with Gasteiger partial charge in [-0.25, -0.2) is 0 Å². The van der Waals surface area contributed by atoms with E-state index >= 15 is 0 Å². The molecule has 0 unspecified atom stereocenters. The maximum absolute atomic E-state index is 12.3. The van der Waals surface area contributed by atoms with Crippen LogP contribution in [0, 0.1) is 17.3 Å². The van der Waals surface area contributed by atoms with Gasteiger partial charge in [-0.3, -0.25) is 4.79 Å². The minimum atomic E-state index is -0.00533. The Labute approximate surface area is 130 Å². The molecule has 2 bridgehead atoms. The molecule has 0 heterocycles. The van der Waals surface area contributed by atoms with E-state index < -0.39 is 0 Å². The first kappa shape index (κ1) is 16.8. The lowest BCUT2D eigenvalue weighted by atomic mass is 9.64. The van der Waals surface area contributed by atoms with Gasteiger partial charge in [0.15, 0.2) is 6.54 Å². The number of hydrogen-bond acceptors (Lipinski definition) is 1. The minimum Gasteiger partial charge on any atom is -0.345 e. The highest BCUT2D eigenvalue weighted by molar-refractivity contribution is 5.77. The van der Waals surface area contributed by atoms with Gasteiger partial charge in [0.2, 0.25) is 0 Å². The smallest absolute Gasteiger partial charge is 0.275 e. The lowest BCUT2D eigenvalue weighted by molar-refractivity contribution is -0.860. The number of nitrogens with one attached hydrogen (secondary N) is 2. The van der Waals surface area contributed by atoms with Crippen molar-refractivity contribution in [2.24, 2.45) is 17.3 Å². The van der Waals surface area contributed by atoms with E-state index in [0.29, 0.717) is 12.5 Å². The molecule has 4 nitrogen and oxygen atoms in total. The van der Waals surface area contributed by atoms with Gasteiger partial charge in [-0.05, 0) is 43.4 Å². The second kappa shape index (κ2) is 6.25. The van der Waals surface area contributed by atoms with E-state index in [0.717, 1.165) is 12.5 Å². The molecule has 0 saturated heterocycles. The second-order valence-corrected chi connectivity index (χ2v) is 8.27. The fourth-order valence-electron chi connectivity index (χ4n) is 4.55. The summed E-state index contributed by atoms with van der Waals surface area (Å²) in [5, 5.41) is 5.56. The van der Waals surface area contributed by atoms with Crippen LogP contribution in [0.4, 0.5) is 0 Å². The summed E-state index contributed by atoms with van der Waals surface area (Å²) in [6.45, 7) is 9.77. The van der Waals surface area contributed by atoms with Crippen molar-refractivity contribution in [3.63, 3.8) is 0 Å². The third kappa shape index (κ3) is 3.26. The molecule has 0 aromatic rings. The topological polar surface area (TPSA) is 50.2 Å². The largest absolute Gasteiger partial charge is 0.345 e. The Morgan fingerprint density at radius 2 is 1.90 bits per heavy atom. The first-order valence-corrected chi connectivity index (χ1v) is 8.69. The maximum Gasteiger partial charge on any atom is 0.275 e. The summed E-state index contributed by atoms with van der Waals surface area (Å²) in [7, 11) is 4.34. The number of quaternary nitrogens is 2. The van der Waals surface area contributed by atoms with Crippen molar-refractivity contribution in [1.29, 1.82) is 0 Å². The van der Waals surface area contributed by atoms with Crippen LogP contribution < -0.4 is 15.5 Å². The van der Waals surface area contributed by atoms with Gasteiger partial charge in [-0.2, -0.15) is 0 Å². The van der Waals surface area contributed by atoms with Crippen LogP contribution in [0.3, 0.4) is 0 Å². The molecule has 122 valence electrons. The number of nitrogens with two attached hydrogens (primary N) is 1. The summed E-state index contributed by atoms with van der Waals surface area (Å²) in [6, 6.07) is 0. The molecule has 2 aliphatic carbocycles. The van der Waals surface area contributed by atoms with Crippen LogP contribution in [-0.4, -0.2) is 45.2 Å². The fourth-order valence-corrected chi connectivity index (χ4v) is 4.55. The standard InChI is InChI=1S/C17H33N3O/c1-16(2)13-7-8-14(11-13)17(16,3)19-15(21)12-18-9-6-10-20(4)5/h13-14,18H,6-12H2,1-5H3,(H,19,21)/p+2/t13-,14-,17-/m1/s1. The minimum absolute atomic E-state index is 0.00533. The Morgan fingerprint density at radius 1 is 1.24 bits per heavy atom. The van der Waals surface area contributed by atoms with Crippen molar-refractivity contribution in [2.45, 2.75) is 52.0 Å². The molecule has 4 N–H and O–H groups in total. The van der Waals surface area contributed by atoms with Crippen LogP contribution in [0.15, 0.2) is 0 Å². The van der Waals surface area contributed by atoms with Gasteiger partial charge in [-0.15, -0.1) is 0 Å². The fraction of sp³-hybridized carbons (Fsp3) is 0.941. The zero-order valence-electron chi connectivity index (χ0n) is 14.6. The predicted octanol–water partition coefficient (Wildman–Crippen LogP) is -0.585. The lowest BCUT2D eigenvalue weighted by Crippen LogP contribution is -3.06. The van der Waals surface area contributed by atoms with Crippen molar-refractivity contribution in [3.05, 3.63) is 0 Å². The van der Waals surface area contributed by atoms with E-state index in [1.807, 2.05) is 0 Å². The highest BCUT2D eigenvalue weighted by atomic mass is 16.2. The molecule has 2 rings (SSSR count). The van der Waals surface area contributed by atoms with Crippen molar-refractivity contribution in [2.75, 3.05) is 33.7 Å². The SMILES string of the molecule is C[NH+](C)CCC[NH2+]CC(=O)N[C@]1(C)[C@@H]2CC[C@H](C2)C1(C)C. The van der Waals surface area contributed by atoms with Crippen LogP contribution in [0.25, 0.3) is 0 Å². The number of hydrogen-bond donors (Lipinski definition) is 3. The molecule has 0 aromatic heterocycles. The van der Waals surface area contributed by atoms with Gasteiger partial charge >= 0.3 is 0 Å². The molecule has 21 heavy (non-hydrogen) atoms. The molecule has 0 radical (unpaired) electrons. The molecular weight excluding hydrogens is 262 g/mol. The molecule has 0 aromatic carbocycles. The Balaban J connectivity index is 1.77.